The van der Waals surface area contributed by atoms with Gasteiger partial charge in [0.15, 0.2) is 0 Å². The van der Waals surface area contributed by atoms with Crippen LogP contribution >= 0.6 is 0 Å². The van der Waals surface area contributed by atoms with E-state index in [2.05, 4.69) is 5.18 Å². The number of hydrazine groups is 2. The summed E-state index contributed by atoms with van der Waals surface area (Å²) in [4.78, 5) is 32.9. The Morgan fingerprint density at radius 2 is 1.62 bits per heavy atom. The monoisotopic (exact) mass is 223 g/mol. The molecule has 0 heterocycles. The van der Waals surface area contributed by atoms with Crippen molar-refractivity contribution in [3.8, 4) is 0 Å². The molecule has 0 bridgehead atoms. The van der Waals surface area contributed by atoms with Gasteiger partial charge in [0, 0.05) is 0 Å². The number of hydrogen-bond donors (Lipinski definition) is 4. The summed E-state index contributed by atoms with van der Waals surface area (Å²) in [6.45, 7) is 0. The van der Waals surface area contributed by atoms with Gasteiger partial charge in [-0.1, -0.05) is 0 Å². The number of carbonyl (C=O) groups excluding carboxylic acids is 2. The van der Waals surface area contributed by atoms with Crippen LogP contribution < -0.4 is 22.5 Å². The fraction of sp³-hybridized carbons (Fsp3) is 0. The second-order valence-corrected chi connectivity index (χ2v) is 2.77. The first-order valence-electron chi connectivity index (χ1n) is 4.13. The average Bonchev–Trinajstić information content (AvgIpc) is 2.36. The van der Waals surface area contributed by atoms with Crippen LogP contribution in [0.3, 0.4) is 0 Å². The highest BCUT2D eigenvalue weighted by Crippen LogP contribution is 2.18. The smallest absolute Gasteiger partial charge is 0.266 e. The topological polar surface area (TPSA) is 140 Å². The van der Waals surface area contributed by atoms with Gasteiger partial charge in [-0.2, -0.15) is 0 Å². The first kappa shape index (κ1) is 11.8. The standard InChI is InChI=1S/C8H9N5O3/c9-11-7(14)5-2-1-4(13-16)3-6(5)8(15)12-10/h1-3H,9-10H2,(H,11,14)(H,12,15). The van der Waals surface area contributed by atoms with Gasteiger partial charge in [0.2, 0.25) is 0 Å². The zero-order valence-corrected chi connectivity index (χ0v) is 8.06. The Morgan fingerprint density at radius 3 is 2.12 bits per heavy atom. The van der Waals surface area contributed by atoms with Crippen LogP contribution in [0, 0.1) is 4.91 Å². The molecule has 0 saturated heterocycles. The van der Waals surface area contributed by atoms with Gasteiger partial charge in [-0.3, -0.25) is 20.4 Å². The second-order valence-electron chi connectivity index (χ2n) is 2.77. The first-order chi connectivity index (χ1) is 7.63. The maximum Gasteiger partial charge on any atom is 0.266 e. The van der Waals surface area contributed by atoms with E-state index in [-0.39, 0.29) is 16.8 Å². The Labute approximate surface area is 89.9 Å². The fourth-order valence-electron chi connectivity index (χ4n) is 1.13. The fourth-order valence-corrected chi connectivity index (χ4v) is 1.13. The molecule has 1 aromatic carbocycles. The van der Waals surface area contributed by atoms with Crippen LogP contribution in [0.15, 0.2) is 23.4 Å². The number of nitrogens with two attached hydrogens (primary N) is 2. The molecule has 8 heteroatoms. The molecular formula is C8H9N5O3. The molecule has 0 spiro atoms. The lowest BCUT2D eigenvalue weighted by atomic mass is 10.1. The molecule has 0 aromatic heterocycles. The Bertz CT molecular complexity index is 445. The number of nitrogens with zero attached hydrogens (tertiary/aromatic N) is 1. The van der Waals surface area contributed by atoms with Gasteiger partial charge in [-0.05, 0) is 23.4 Å². The summed E-state index contributed by atoms with van der Waals surface area (Å²) in [7, 11) is 0. The molecule has 0 radical (unpaired) electrons. The minimum atomic E-state index is -0.718. The van der Waals surface area contributed by atoms with E-state index in [1.165, 1.54) is 12.1 Å². The first-order valence-corrected chi connectivity index (χ1v) is 4.13. The summed E-state index contributed by atoms with van der Waals surface area (Å²) in [6.07, 6.45) is 0. The lowest BCUT2D eigenvalue weighted by molar-refractivity contribution is 0.0919. The van der Waals surface area contributed by atoms with Crippen molar-refractivity contribution in [2.75, 3.05) is 0 Å². The highest BCUT2D eigenvalue weighted by molar-refractivity contribution is 6.07. The van der Waals surface area contributed by atoms with E-state index in [0.29, 0.717) is 0 Å². The van der Waals surface area contributed by atoms with Crippen molar-refractivity contribution in [2.24, 2.45) is 16.9 Å². The van der Waals surface area contributed by atoms with Gasteiger partial charge in [0.25, 0.3) is 11.8 Å². The van der Waals surface area contributed by atoms with Crippen molar-refractivity contribution < 1.29 is 9.59 Å². The van der Waals surface area contributed by atoms with Crippen LogP contribution in [0.2, 0.25) is 0 Å². The third-order valence-electron chi connectivity index (χ3n) is 1.86. The number of nitroso groups, excluding NO2 is 1. The molecule has 0 atom stereocenters. The largest absolute Gasteiger partial charge is 0.290 e. The van der Waals surface area contributed by atoms with Gasteiger partial charge in [-0.15, -0.1) is 4.91 Å². The predicted octanol–water partition coefficient (Wildman–Crippen LogP) is -0.709. The van der Waals surface area contributed by atoms with Crippen molar-refractivity contribution in [1.82, 2.24) is 10.9 Å². The number of hydrogen-bond acceptors (Lipinski definition) is 6. The van der Waals surface area contributed by atoms with Crippen molar-refractivity contribution in [1.29, 1.82) is 0 Å². The Kier molecular flexibility index (Phi) is 3.64. The summed E-state index contributed by atoms with van der Waals surface area (Å²) < 4.78 is 0. The van der Waals surface area contributed by atoms with Gasteiger partial charge < -0.3 is 0 Å². The number of nitrogens with one attached hydrogen (secondary N) is 2. The van der Waals surface area contributed by atoms with Crippen LogP contribution in [0.1, 0.15) is 20.7 Å². The van der Waals surface area contributed by atoms with Crippen molar-refractivity contribution >= 4 is 17.5 Å². The molecule has 1 rings (SSSR count). The Balaban J connectivity index is 3.32. The minimum Gasteiger partial charge on any atom is -0.290 e. The van der Waals surface area contributed by atoms with E-state index in [4.69, 9.17) is 11.7 Å². The number of benzene rings is 1. The molecule has 2 amide bonds. The zero-order valence-electron chi connectivity index (χ0n) is 8.06. The van der Waals surface area contributed by atoms with Crippen LogP contribution in [-0.4, -0.2) is 11.8 Å². The molecule has 16 heavy (non-hydrogen) atoms. The van der Waals surface area contributed by atoms with Crippen molar-refractivity contribution in [3.05, 3.63) is 34.2 Å². The molecule has 1 aromatic rings. The lowest BCUT2D eigenvalue weighted by Gasteiger charge is -2.06. The molecule has 8 nitrogen and oxygen atoms in total. The molecule has 0 aliphatic carbocycles. The second kappa shape index (κ2) is 4.96. The Morgan fingerprint density at radius 1 is 1.06 bits per heavy atom. The predicted molar refractivity (Wildman–Crippen MR) is 55.2 cm³/mol. The molecule has 0 aliphatic rings. The summed E-state index contributed by atoms with van der Waals surface area (Å²) in [5.41, 5.74) is 3.64. The van der Waals surface area contributed by atoms with Gasteiger partial charge in [0.1, 0.15) is 5.69 Å². The van der Waals surface area contributed by atoms with Crippen LogP contribution in [0.4, 0.5) is 5.69 Å². The zero-order chi connectivity index (χ0) is 12.1. The third-order valence-corrected chi connectivity index (χ3v) is 1.86. The summed E-state index contributed by atoms with van der Waals surface area (Å²) in [5, 5.41) is 2.64. The van der Waals surface area contributed by atoms with Gasteiger partial charge >= 0.3 is 0 Å². The number of amides is 2. The van der Waals surface area contributed by atoms with E-state index in [1.807, 2.05) is 10.9 Å². The van der Waals surface area contributed by atoms with Crippen LogP contribution in [0.5, 0.6) is 0 Å². The van der Waals surface area contributed by atoms with Crippen LogP contribution in [-0.2, 0) is 0 Å². The summed E-state index contributed by atoms with van der Waals surface area (Å²) in [5.74, 6) is 8.48. The van der Waals surface area contributed by atoms with E-state index >= 15 is 0 Å². The summed E-state index contributed by atoms with van der Waals surface area (Å²) in [6, 6.07) is 3.67. The van der Waals surface area contributed by atoms with E-state index in [9.17, 15) is 14.5 Å². The third kappa shape index (κ3) is 2.19. The molecule has 6 N–H and O–H groups in total. The van der Waals surface area contributed by atoms with E-state index < -0.39 is 11.8 Å². The van der Waals surface area contributed by atoms with Gasteiger partial charge in [-0.25, -0.2) is 11.7 Å². The SMILES string of the molecule is NNC(=O)c1ccc(N=O)cc1C(=O)NN. The lowest BCUT2D eigenvalue weighted by Crippen LogP contribution is -2.35. The van der Waals surface area contributed by atoms with Gasteiger partial charge in [0.05, 0.1) is 11.1 Å². The number of rotatable bonds is 3. The molecule has 0 fully saturated rings. The molecule has 0 unspecified atom stereocenters. The molecule has 0 saturated carbocycles. The van der Waals surface area contributed by atoms with Crippen molar-refractivity contribution in [2.45, 2.75) is 0 Å². The van der Waals surface area contributed by atoms with Crippen molar-refractivity contribution in [3.63, 3.8) is 0 Å². The normalized spacial score (nSPS) is 9.38. The minimum absolute atomic E-state index is 0.00199. The molecular weight excluding hydrogens is 214 g/mol. The van der Waals surface area contributed by atoms with Crippen LogP contribution in [0.25, 0.3) is 0 Å². The molecule has 84 valence electrons. The maximum atomic E-state index is 11.3. The highest BCUT2D eigenvalue weighted by Gasteiger charge is 2.16. The average molecular weight is 223 g/mol. The van der Waals surface area contributed by atoms with E-state index in [0.717, 1.165) is 6.07 Å². The number of nitrogen functional groups attached to an aromatic ring is 2. The van der Waals surface area contributed by atoms with E-state index in [1.54, 1.807) is 0 Å². The maximum absolute atomic E-state index is 11.3. The molecule has 0 aliphatic heterocycles. The Hall–Kier alpha value is -2.32. The number of carbonyl (C=O) groups is 2. The highest BCUT2D eigenvalue weighted by atomic mass is 16.3. The summed E-state index contributed by atoms with van der Waals surface area (Å²) >= 11 is 0. The quantitative estimate of drug-likeness (QED) is 0.232.